The van der Waals surface area contributed by atoms with Gasteiger partial charge in [0.2, 0.25) is 5.91 Å². The van der Waals surface area contributed by atoms with Crippen molar-refractivity contribution in [2.45, 2.75) is 32.6 Å². The third-order valence-corrected chi connectivity index (χ3v) is 3.45. The molecule has 4 nitrogen and oxygen atoms in total. The van der Waals surface area contributed by atoms with Crippen LogP contribution in [0.1, 0.15) is 37.3 Å². The van der Waals surface area contributed by atoms with Crippen molar-refractivity contribution in [3.63, 3.8) is 0 Å². The molecule has 1 aliphatic rings. The Bertz CT molecular complexity index is 465. The second-order valence-electron chi connectivity index (χ2n) is 5.08. The average molecular weight is 259 g/mol. The molecule has 19 heavy (non-hydrogen) atoms. The highest BCUT2D eigenvalue weighted by Crippen LogP contribution is 2.16. The van der Waals surface area contributed by atoms with Crippen LogP contribution in [0.5, 0.6) is 0 Å². The predicted molar refractivity (Wildman–Crippen MR) is 76.9 cm³/mol. The Morgan fingerprint density at radius 2 is 2.05 bits per heavy atom. The number of carbonyl (C=O) groups is 1. The number of rotatable bonds is 5. The summed E-state index contributed by atoms with van der Waals surface area (Å²) < 4.78 is 0. The summed E-state index contributed by atoms with van der Waals surface area (Å²) in [6.45, 7) is 2.68. The van der Waals surface area contributed by atoms with Crippen molar-refractivity contribution >= 4 is 11.6 Å². The minimum atomic E-state index is -0.00303. The van der Waals surface area contributed by atoms with Crippen LogP contribution < -0.4 is 11.2 Å². The van der Waals surface area contributed by atoms with Gasteiger partial charge in [0.25, 0.3) is 0 Å². The first-order valence-electron chi connectivity index (χ1n) is 6.86. The Balaban J connectivity index is 2.00. The number of carbonyl (C=O) groups excluding carboxylic acids is 1. The molecule has 4 heteroatoms. The quantitative estimate of drug-likeness (QED) is 0.792. The zero-order valence-electron chi connectivity index (χ0n) is 11.4. The summed E-state index contributed by atoms with van der Waals surface area (Å²) in [5.74, 6) is -0.00103. The maximum Gasteiger partial charge on any atom is 0.243 e. The number of hydrazone groups is 1. The van der Waals surface area contributed by atoms with Gasteiger partial charge in [0.15, 0.2) is 0 Å². The Morgan fingerprint density at radius 1 is 1.32 bits per heavy atom. The van der Waals surface area contributed by atoms with E-state index in [4.69, 9.17) is 5.73 Å². The Morgan fingerprint density at radius 3 is 2.68 bits per heavy atom. The maximum atomic E-state index is 11.3. The van der Waals surface area contributed by atoms with Crippen molar-refractivity contribution in [1.29, 1.82) is 0 Å². The van der Waals surface area contributed by atoms with Crippen LogP contribution in [0.15, 0.2) is 29.4 Å². The minimum absolute atomic E-state index is 0.00200. The van der Waals surface area contributed by atoms with Crippen molar-refractivity contribution in [2.75, 3.05) is 6.54 Å². The van der Waals surface area contributed by atoms with Gasteiger partial charge in [0.1, 0.15) is 0 Å². The van der Waals surface area contributed by atoms with Crippen LogP contribution in [0.25, 0.3) is 0 Å². The largest absolute Gasteiger partial charge is 0.330 e. The SMILES string of the molecule is CC1CC(c2ccc(CCCCN)cc2)=NNC1=O. The molecular weight excluding hydrogens is 238 g/mol. The number of nitrogens with zero attached hydrogens (tertiary/aromatic N) is 1. The second-order valence-corrected chi connectivity index (χ2v) is 5.08. The molecule has 1 aromatic rings. The van der Waals surface area contributed by atoms with Gasteiger partial charge in [-0.05, 0) is 36.9 Å². The molecule has 3 N–H and O–H groups in total. The normalized spacial score (nSPS) is 18.9. The Hall–Kier alpha value is -1.68. The first-order chi connectivity index (χ1) is 9.20. The van der Waals surface area contributed by atoms with Gasteiger partial charge in [-0.15, -0.1) is 0 Å². The molecule has 1 atom stereocenters. The summed E-state index contributed by atoms with van der Waals surface area (Å²) in [7, 11) is 0. The van der Waals surface area contributed by atoms with E-state index in [0.29, 0.717) is 6.42 Å². The molecule has 0 saturated heterocycles. The van der Waals surface area contributed by atoms with E-state index >= 15 is 0 Å². The molecule has 0 bridgehead atoms. The first-order valence-corrected chi connectivity index (χ1v) is 6.86. The standard InChI is InChI=1S/C15H21N3O/c1-11-10-14(17-18-15(11)19)13-7-5-12(6-8-13)4-2-3-9-16/h5-8,11H,2-4,9-10,16H2,1H3,(H,18,19). The molecule has 0 aliphatic carbocycles. The highest BCUT2D eigenvalue weighted by molar-refractivity contribution is 6.04. The van der Waals surface area contributed by atoms with Gasteiger partial charge in [0.05, 0.1) is 5.71 Å². The maximum absolute atomic E-state index is 11.3. The lowest BCUT2D eigenvalue weighted by Crippen LogP contribution is -2.33. The minimum Gasteiger partial charge on any atom is -0.330 e. The van der Waals surface area contributed by atoms with Gasteiger partial charge >= 0.3 is 0 Å². The predicted octanol–water partition coefficient (Wildman–Crippen LogP) is 1.83. The molecule has 0 aromatic heterocycles. The molecule has 1 unspecified atom stereocenters. The van der Waals surface area contributed by atoms with Crippen molar-refractivity contribution in [3.05, 3.63) is 35.4 Å². The van der Waals surface area contributed by atoms with E-state index in [1.165, 1.54) is 5.56 Å². The van der Waals surface area contributed by atoms with Gasteiger partial charge < -0.3 is 5.73 Å². The number of aryl methyl sites for hydroxylation is 1. The smallest absolute Gasteiger partial charge is 0.243 e. The lowest BCUT2D eigenvalue weighted by molar-refractivity contribution is -0.124. The molecule has 0 fully saturated rings. The molecule has 102 valence electrons. The third-order valence-electron chi connectivity index (χ3n) is 3.45. The summed E-state index contributed by atoms with van der Waals surface area (Å²) in [5, 5.41) is 4.14. The average Bonchev–Trinajstić information content (AvgIpc) is 2.43. The monoisotopic (exact) mass is 259 g/mol. The van der Waals surface area contributed by atoms with Gasteiger partial charge in [-0.2, -0.15) is 5.10 Å². The zero-order valence-corrected chi connectivity index (χ0v) is 11.4. The number of hydrogen-bond donors (Lipinski definition) is 2. The van der Waals surface area contributed by atoms with Crippen molar-refractivity contribution in [1.82, 2.24) is 5.43 Å². The molecule has 1 amide bonds. The van der Waals surface area contributed by atoms with Gasteiger partial charge in [-0.3, -0.25) is 4.79 Å². The molecule has 0 radical (unpaired) electrons. The lowest BCUT2D eigenvalue weighted by Gasteiger charge is -2.18. The molecule has 1 heterocycles. The number of hydrogen-bond acceptors (Lipinski definition) is 3. The summed E-state index contributed by atoms with van der Waals surface area (Å²) in [5.41, 5.74) is 11.4. The summed E-state index contributed by atoms with van der Waals surface area (Å²) >= 11 is 0. The Kier molecular flexibility index (Phi) is 4.68. The summed E-state index contributed by atoms with van der Waals surface area (Å²) in [6.07, 6.45) is 3.97. The highest BCUT2D eigenvalue weighted by Gasteiger charge is 2.21. The fourth-order valence-corrected chi connectivity index (χ4v) is 2.18. The Labute approximate surface area is 114 Å². The number of unbranched alkanes of at least 4 members (excludes halogenated alkanes) is 1. The molecular formula is C15H21N3O. The van der Waals surface area contributed by atoms with Gasteiger partial charge in [0, 0.05) is 12.3 Å². The fourth-order valence-electron chi connectivity index (χ4n) is 2.18. The van der Waals surface area contributed by atoms with Crippen LogP contribution in [-0.2, 0) is 11.2 Å². The molecule has 1 aromatic carbocycles. The highest BCUT2D eigenvalue weighted by atomic mass is 16.2. The number of nitrogens with two attached hydrogens (primary N) is 1. The summed E-state index contributed by atoms with van der Waals surface area (Å²) in [6, 6.07) is 8.44. The number of benzene rings is 1. The van der Waals surface area contributed by atoms with E-state index in [1.54, 1.807) is 0 Å². The van der Waals surface area contributed by atoms with Gasteiger partial charge in [-0.25, -0.2) is 5.43 Å². The lowest BCUT2D eigenvalue weighted by atomic mass is 9.96. The second kappa shape index (κ2) is 6.48. The number of nitrogens with one attached hydrogen (secondary N) is 1. The van der Waals surface area contributed by atoms with Crippen LogP contribution in [0.2, 0.25) is 0 Å². The molecule has 2 rings (SSSR count). The van der Waals surface area contributed by atoms with Crippen molar-refractivity contribution < 1.29 is 4.79 Å². The zero-order chi connectivity index (χ0) is 13.7. The van der Waals surface area contributed by atoms with Crippen molar-refractivity contribution in [2.24, 2.45) is 16.8 Å². The van der Waals surface area contributed by atoms with Crippen LogP contribution in [0.3, 0.4) is 0 Å². The van der Waals surface area contributed by atoms with Crippen molar-refractivity contribution in [3.8, 4) is 0 Å². The summed E-state index contributed by atoms with van der Waals surface area (Å²) in [4.78, 5) is 11.3. The third kappa shape index (κ3) is 3.64. The van der Waals surface area contributed by atoms with Crippen LogP contribution in [0, 0.1) is 5.92 Å². The topological polar surface area (TPSA) is 67.5 Å². The van der Waals surface area contributed by atoms with E-state index in [9.17, 15) is 4.79 Å². The van der Waals surface area contributed by atoms with Crippen LogP contribution in [-0.4, -0.2) is 18.2 Å². The fraction of sp³-hybridized carbons (Fsp3) is 0.467. The first kappa shape index (κ1) is 13.7. The van der Waals surface area contributed by atoms with E-state index in [0.717, 1.165) is 37.1 Å². The van der Waals surface area contributed by atoms with E-state index in [-0.39, 0.29) is 11.8 Å². The molecule has 0 saturated carbocycles. The van der Waals surface area contributed by atoms with Crippen LogP contribution >= 0.6 is 0 Å². The van der Waals surface area contributed by atoms with E-state index in [1.807, 2.05) is 6.92 Å². The van der Waals surface area contributed by atoms with Gasteiger partial charge in [-0.1, -0.05) is 31.2 Å². The number of amides is 1. The van der Waals surface area contributed by atoms with E-state index < -0.39 is 0 Å². The van der Waals surface area contributed by atoms with Crippen LogP contribution in [0.4, 0.5) is 0 Å². The molecule has 1 aliphatic heterocycles. The molecule has 0 spiro atoms. The van der Waals surface area contributed by atoms with E-state index in [2.05, 4.69) is 34.8 Å².